The predicted molar refractivity (Wildman–Crippen MR) is 128 cm³/mol. The molecule has 2 aromatic carbocycles. The van der Waals surface area contributed by atoms with Crippen LogP contribution in [0.3, 0.4) is 0 Å². The van der Waals surface area contributed by atoms with Crippen molar-refractivity contribution in [2.45, 2.75) is 51.7 Å². The number of carbonyl (C=O) groups is 1. The summed E-state index contributed by atoms with van der Waals surface area (Å²) in [5, 5.41) is 3.74. The molecule has 0 bridgehead atoms. The molecule has 0 radical (unpaired) electrons. The third kappa shape index (κ3) is 4.28. The number of benzene rings is 2. The highest BCUT2D eigenvalue weighted by molar-refractivity contribution is 5.94. The van der Waals surface area contributed by atoms with E-state index in [1.807, 2.05) is 11.0 Å². The first-order chi connectivity index (χ1) is 14.0. The zero-order chi connectivity index (χ0) is 20.5. The number of anilines is 3. The van der Waals surface area contributed by atoms with Gasteiger partial charge in [-0.15, -0.1) is 12.4 Å². The number of nitrogens with one attached hydrogen (secondary N) is 1. The van der Waals surface area contributed by atoms with E-state index in [1.165, 1.54) is 11.3 Å². The fourth-order valence-electron chi connectivity index (χ4n) is 4.76. The molecule has 0 unspecified atom stereocenters. The summed E-state index contributed by atoms with van der Waals surface area (Å²) in [5.41, 5.74) is 10.6. The van der Waals surface area contributed by atoms with Crippen molar-refractivity contribution in [1.29, 1.82) is 0 Å². The molecule has 1 fully saturated rings. The number of piperidine rings is 1. The van der Waals surface area contributed by atoms with Gasteiger partial charge in [-0.3, -0.25) is 4.79 Å². The van der Waals surface area contributed by atoms with Crippen molar-refractivity contribution in [1.82, 2.24) is 0 Å². The number of nitrogens with zero attached hydrogens (tertiary/aromatic N) is 2. The van der Waals surface area contributed by atoms with Gasteiger partial charge in [0, 0.05) is 60.6 Å². The fourth-order valence-corrected chi connectivity index (χ4v) is 4.76. The molecule has 3 atom stereocenters. The Morgan fingerprint density at radius 1 is 1.07 bits per heavy atom. The Balaban J connectivity index is 0.00000256. The average molecular weight is 429 g/mol. The molecule has 30 heavy (non-hydrogen) atoms. The second kappa shape index (κ2) is 9.27. The van der Waals surface area contributed by atoms with Crippen LogP contribution in [0.1, 0.15) is 45.2 Å². The number of hydrogen-bond acceptors (Lipinski definition) is 4. The number of rotatable bonds is 3. The minimum absolute atomic E-state index is 0. The summed E-state index contributed by atoms with van der Waals surface area (Å²) < 4.78 is 0. The highest BCUT2D eigenvalue weighted by atomic mass is 35.5. The molecule has 4 rings (SSSR count). The lowest BCUT2D eigenvalue weighted by Gasteiger charge is -2.44. The molecule has 2 aliphatic rings. The van der Waals surface area contributed by atoms with Crippen LogP contribution >= 0.6 is 12.4 Å². The molecule has 5 nitrogen and oxygen atoms in total. The minimum atomic E-state index is 0. The van der Waals surface area contributed by atoms with Crippen molar-refractivity contribution in [3.63, 3.8) is 0 Å². The lowest BCUT2D eigenvalue weighted by atomic mass is 9.82. The van der Waals surface area contributed by atoms with Crippen molar-refractivity contribution < 1.29 is 4.79 Å². The first-order valence-corrected chi connectivity index (χ1v) is 10.7. The molecule has 0 aliphatic carbocycles. The van der Waals surface area contributed by atoms with Gasteiger partial charge in [0.2, 0.25) is 5.91 Å². The molecular formula is C24H33ClN4O. The molecule has 0 saturated carbocycles. The van der Waals surface area contributed by atoms with Gasteiger partial charge in [-0.25, -0.2) is 0 Å². The molecule has 3 N–H and O–H groups in total. The number of carbonyl (C=O) groups excluding carboxylic acids is 1. The maximum absolute atomic E-state index is 12.5. The zero-order valence-electron chi connectivity index (χ0n) is 18.0. The highest BCUT2D eigenvalue weighted by Crippen LogP contribution is 2.44. The number of halogens is 1. The van der Waals surface area contributed by atoms with Crippen molar-refractivity contribution in [2.75, 3.05) is 28.2 Å². The summed E-state index contributed by atoms with van der Waals surface area (Å²) in [4.78, 5) is 16.9. The predicted octanol–water partition coefficient (Wildman–Crippen LogP) is 4.58. The number of nitrogens with two attached hydrogens (primary N) is 1. The Kier molecular flexibility index (Phi) is 6.94. The van der Waals surface area contributed by atoms with Gasteiger partial charge in [0.05, 0.1) is 6.04 Å². The van der Waals surface area contributed by atoms with E-state index in [1.54, 1.807) is 6.92 Å². The largest absolute Gasteiger partial charge is 0.378 e. The molecule has 2 aromatic rings. The standard InChI is InChI=1S/C24H32N4O.ClH/c1-16-17(2)28(18(3)29)23-10-9-21(27-13-11-19(25)12-14-27)15-22(23)24(16)26-20-7-5-4-6-8-20;/h4-10,15-17,19,24,26H,11-14,25H2,1-3H3;1H/t16-,17-,24+;/m0./s1. The van der Waals surface area contributed by atoms with Gasteiger partial charge in [-0.05, 0) is 50.1 Å². The SMILES string of the molecule is CC(=O)N1c2ccc(N3CCC(N)CC3)cc2[C@H](Nc2ccccc2)[C@@H](C)[C@@H]1C.Cl. The van der Waals surface area contributed by atoms with Crippen molar-refractivity contribution >= 4 is 35.4 Å². The monoisotopic (exact) mass is 428 g/mol. The topological polar surface area (TPSA) is 61.6 Å². The maximum atomic E-state index is 12.5. The van der Waals surface area contributed by atoms with E-state index in [0.717, 1.165) is 37.3 Å². The third-order valence-electron chi connectivity index (χ3n) is 6.64. The Labute approximate surface area is 186 Å². The molecule has 1 amide bonds. The number of hydrogen-bond donors (Lipinski definition) is 2. The molecule has 6 heteroatoms. The number of para-hydroxylation sites is 1. The number of amides is 1. The van der Waals surface area contributed by atoms with E-state index in [-0.39, 0.29) is 36.3 Å². The second-order valence-corrected chi connectivity index (χ2v) is 8.54. The smallest absolute Gasteiger partial charge is 0.224 e. The van der Waals surface area contributed by atoms with Crippen LogP contribution in [0, 0.1) is 5.92 Å². The van der Waals surface area contributed by atoms with Crippen LogP contribution in [0.15, 0.2) is 48.5 Å². The molecule has 0 aromatic heterocycles. The van der Waals surface area contributed by atoms with Gasteiger partial charge in [-0.1, -0.05) is 25.1 Å². The normalized spacial score (nSPS) is 24.1. The summed E-state index contributed by atoms with van der Waals surface area (Å²) in [6.45, 7) is 8.02. The Morgan fingerprint density at radius 2 is 1.73 bits per heavy atom. The van der Waals surface area contributed by atoms with E-state index >= 15 is 0 Å². The van der Waals surface area contributed by atoms with Crippen LogP contribution in [0.2, 0.25) is 0 Å². The highest BCUT2D eigenvalue weighted by Gasteiger charge is 2.38. The molecule has 2 aliphatic heterocycles. The summed E-state index contributed by atoms with van der Waals surface area (Å²) in [7, 11) is 0. The lowest BCUT2D eigenvalue weighted by molar-refractivity contribution is -0.117. The molecule has 0 spiro atoms. The van der Waals surface area contributed by atoms with Crippen LogP contribution in [-0.4, -0.2) is 31.1 Å². The van der Waals surface area contributed by atoms with E-state index in [4.69, 9.17) is 5.73 Å². The number of fused-ring (bicyclic) bond motifs is 1. The summed E-state index contributed by atoms with van der Waals surface area (Å²) in [5.74, 6) is 0.372. The van der Waals surface area contributed by atoms with Crippen LogP contribution < -0.4 is 20.9 Å². The molecule has 162 valence electrons. The lowest BCUT2D eigenvalue weighted by Crippen LogP contribution is -2.48. The van der Waals surface area contributed by atoms with Crippen molar-refractivity contribution in [3.05, 3.63) is 54.1 Å². The van der Waals surface area contributed by atoms with Gasteiger partial charge in [0.25, 0.3) is 0 Å². The van der Waals surface area contributed by atoms with Gasteiger partial charge in [-0.2, -0.15) is 0 Å². The van der Waals surface area contributed by atoms with Crippen molar-refractivity contribution in [2.24, 2.45) is 11.7 Å². The van der Waals surface area contributed by atoms with Crippen LogP contribution in [0.25, 0.3) is 0 Å². The van der Waals surface area contributed by atoms with Crippen LogP contribution in [0.5, 0.6) is 0 Å². The van der Waals surface area contributed by atoms with E-state index in [2.05, 4.69) is 66.5 Å². The summed E-state index contributed by atoms with van der Waals surface area (Å²) >= 11 is 0. The Morgan fingerprint density at radius 3 is 2.37 bits per heavy atom. The Hall–Kier alpha value is -2.24. The van der Waals surface area contributed by atoms with Crippen molar-refractivity contribution in [3.8, 4) is 0 Å². The molecule has 1 saturated heterocycles. The van der Waals surface area contributed by atoms with Gasteiger partial charge in [0.15, 0.2) is 0 Å². The molecular weight excluding hydrogens is 396 g/mol. The average Bonchev–Trinajstić information content (AvgIpc) is 2.72. The second-order valence-electron chi connectivity index (χ2n) is 8.54. The summed E-state index contributed by atoms with van der Waals surface area (Å²) in [6, 6.07) is 17.5. The first-order valence-electron chi connectivity index (χ1n) is 10.7. The zero-order valence-corrected chi connectivity index (χ0v) is 18.9. The maximum Gasteiger partial charge on any atom is 0.224 e. The first kappa shape index (κ1) is 22.4. The van der Waals surface area contributed by atoms with Gasteiger partial charge < -0.3 is 20.9 Å². The van der Waals surface area contributed by atoms with Crippen LogP contribution in [0.4, 0.5) is 17.1 Å². The van der Waals surface area contributed by atoms with E-state index in [0.29, 0.717) is 6.04 Å². The Bertz CT molecular complexity index is 867. The fraction of sp³-hybridized carbons (Fsp3) is 0.458. The third-order valence-corrected chi connectivity index (χ3v) is 6.64. The van der Waals surface area contributed by atoms with E-state index in [9.17, 15) is 4.79 Å². The van der Waals surface area contributed by atoms with E-state index < -0.39 is 0 Å². The molecule has 2 heterocycles. The van der Waals surface area contributed by atoms with Gasteiger partial charge in [0.1, 0.15) is 0 Å². The summed E-state index contributed by atoms with van der Waals surface area (Å²) in [6.07, 6.45) is 2.05. The quantitative estimate of drug-likeness (QED) is 0.751. The minimum Gasteiger partial charge on any atom is -0.378 e. The van der Waals surface area contributed by atoms with Gasteiger partial charge >= 0.3 is 0 Å². The van der Waals surface area contributed by atoms with Crippen LogP contribution in [-0.2, 0) is 4.79 Å².